The number of piperidine rings is 1. The lowest BCUT2D eigenvalue weighted by Gasteiger charge is -2.39. The second-order valence-electron chi connectivity index (χ2n) is 8.79. The Hall–Kier alpha value is -2.84. The van der Waals surface area contributed by atoms with E-state index in [-0.39, 0.29) is 23.2 Å². The van der Waals surface area contributed by atoms with Crippen molar-refractivity contribution >= 4 is 28.7 Å². The number of anilines is 1. The summed E-state index contributed by atoms with van der Waals surface area (Å²) in [7, 11) is 2.95. The highest BCUT2D eigenvalue weighted by Gasteiger charge is 2.31. The zero-order chi connectivity index (χ0) is 22.9. The zero-order valence-electron chi connectivity index (χ0n) is 19.1. The minimum Gasteiger partial charge on any atom is -0.465 e. The van der Waals surface area contributed by atoms with E-state index in [1.807, 2.05) is 27.7 Å². The average molecular weight is 435 g/mol. The van der Waals surface area contributed by atoms with Crippen LogP contribution >= 0.6 is 0 Å². The van der Waals surface area contributed by atoms with Crippen LogP contribution in [0.2, 0.25) is 0 Å². The number of methoxy groups -OCH3 is 1. The Balaban J connectivity index is 1.82. The number of ether oxygens (including phenoxy) is 2. The van der Waals surface area contributed by atoms with Gasteiger partial charge in [0.15, 0.2) is 0 Å². The van der Waals surface area contributed by atoms with Gasteiger partial charge in [0, 0.05) is 44.3 Å². The van der Waals surface area contributed by atoms with Gasteiger partial charge in [0.1, 0.15) is 22.5 Å². The predicted molar refractivity (Wildman–Crippen MR) is 116 cm³/mol. The molecule has 9 heteroatoms. The minimum atomic E-state index is -0.748. The van der Waals surface area contributed by atoms with E-state index in [0.717, 1.165) is 12.8 Å². The number of halogens is 1. The van der Waals surface area contributed by atoms with Crippen LogP contribution in [0.3, 0.4) is 0 Å². The van der Waals surface area contributed by atoms with E-state index >= 15 is 0 Å². The monoisotopic (exact) mass is 434 g/mol. The van der Waals surface area contributed by atoms with Gasteiger partial charge in [0.25, 0.3) is 0 Å². The highest BCUT2D eigenvalue weighted by molar-refractivity contribution is 6.07. The maximum Gasteiger partial charge on any atom is 0.410 e. The van der Waals surface area contributed by atoms with Gasteiger partial charge >= 0.3 is 12.1 Å². The summed E-state index contributed by atoms with van der Waals surface area (Å²) >= 11 is 0. The van der Waals surface area contributed by atoms with Gasteiger partial charge in [-0.15, -0.1) is 0 Å². The first-order valence-corrected chi connectivity index (χ1v) is 10.5. The van der Waals surface area contributed by atoms with E-state index in [9.17, 15) is 14.0 Å². The van der Waals surface area contributed by atoms with Crippen LogP contribution < -0.4 is 4.90 Å². The second-order valence-corrected chi connectivity index (χ2v) is 8.79. The van der Waals surface area contributed by atoms with Crippen LogP contribution in [0.5, 0.6) is 0 Å². The van der Waals surface area contributed by atoms with Gasteiger partial charge < -0.3 is 19.3 Å². The summed E-state index contributed by atoms with van der Waals surface area (Å²) < 4.78 is 26.7. The summed E-state index contributed by atoms with van der Waals surface area (Å²) in [5.74, 6) is -1.40. The summed E-state index contributed by atoms with van der Waals surface area (Å²) in [5, 5.41) is 4.99. The normalized spacial score (nSPS) is 15.3. The molecular formula is C22H31FN4O4. The molecule has 0 N–H and O–H groups in total. The van der Waals surface area contributed by atoms with E-state index < -0.39 is 17.4 Å². The number of hydrogen-bond acceptors (Lipinski definition) is 6. The van der Waals surface area contributed by atoms with E-state index in [0.29, 0.717) is 30.7 Å². The van der Waals surface area contributed by atoms with Crippen molar-refractivity contribution in [1.82, 2.24) is 14.7 Å². The third kappa shape index (κ3) is 4.75. The Labute approximate surface area is 181 Å². The number of amides is 1. The molecule has 31 heavy (non-hydrogen) atoms. The molecule has 170 valence electrons. The van der Waals surface area contributed by atoms with Crippen LogP contribution in [0.25, 0.3) is 10.9 Å². The second kappa shape index (κ2) is 8.72. The van der Waals surface area contributed by atoms with Crippen molar-refractivity contribution in [3.8, 4) is 0 Å². The maximum atomic E-state index is 14.9. The summed E-state index contributed by atoms with van der Waals surface area (Å²) in [4.78, 5) is 28.5. The molecular weight excluding hydrogens is 403 g/mol. The Morgan fingerprint density at radius 1 is 1.29 bits per heavy atom. The fourth-order valence-corrected chi connectivity index (χ4v) is 4.08. The molecule has 0 saturated carbocycles. The van der Waals surface area contributed by atoms with Crippen LogP contribution in [-0.2, 0) is 16.5 Å². The van der Waals surface area contributed by atoms with Crippen molar-refractivity contribution < 1.29 is 23.5 Å². The molecule has 1 aliphatic rings. The van der Waals surface area contributed by atoms with Crippen molar-refractivity contribution in [2.24, 2.45) is 7.05 Å². The van der Waals surface area contributed by atoms with Crippen molar-refractivity contribution in [1.29, 1.82) is 0 Å². The fourth-order valence-electron chi connectivity index (χ4n) is 4.08. The van der Waals surface area contributed by atoms with Crippen LogP contribution in [0.1, 0.15) is 50.9 Å². The Morgan fingerprint density at radius 2 is 1.94 bits per heavy atom. The molecule has 2 aromatic rings. The molecule has 0 bridgehead atoms. The van der Waals surface area contributed by atoms with Crippen LogP contribution in [0.15, 0.2) is 12.3 Å². The van der Waals surface area contributed by atoms with Gasteiger partial charge in [-0.1, -0.05) is 0 Å². The van der Waals surface area contributed by atoms with Crippen molar-refractivity contribution in [2.75, 3.05) is 31.6 Å². The van der Waals surface area contributed by atoms with E-state index in [4.69, 9.17) is 9.47 Å². The number of aromatic nitrogens is 2. The van der Waals surface area contributed by atoms with Crippen LogP contribution in [-0.4, -0.2) is 65.1 Å². The van der Waals surface area contributed by atoms with E-state index in [2.05, 4.69) is 10.00 Å². The summed E-state index contributed by atoms with van der Waals surface area (Å²) in [5.41, 5.74) is 0.275. The summed E-state index contributed by atoms with van der Waals surface area (Å²) in [6.45, 7) is 9.36. The molecule has 1 aromatic heterocycles. The van der Waals surface area contributed by atoms with Gasteiger partial charge in [-0.05, 0) is 46.6 Å². The highest BCUT2D eigenvalue weighted by atomic mass is 19.1. The SMILES string of the molecule is CCN(C(=O)OC(C)(C)C)C1CCN(c2cc(F)c(C(=O)OC)c3nn(C)cc23)CC1. The average Bonchev–Trinajstić information content (AvgIpc) is 3.07. The first-order chi connectivity index (χ1) is 14.6. The van der Waals surface area contributed by atoms with Crippen molar-refractivity contribution in [3.63, 3.8) is 0 Å². The molecule has 0 spiro atoms. The predicted octanol–water partition coefficient (Wildman–Crippen LogP) is 3.72. The quantitative estimate of drug-likeness (QED) is 0.683. The number of carbonyl (C=O) groups is 2. The molecule has 0 atom stereocenters. The lowest BCUT2D eigenvalue weighted by molar-refractivity contribution is 0.0149. The molecule has 1 fully saturated rings. The number of aryl methyl sites for hydroxylation is 1. The topological polar surface area (TPSA) is 76.9 Å². The van der Waals surface area contributed by atoms with Crippen LogP contribution in [0.4, 0.5) is 14.9 Å². The zero-order valence-corrected chi connectivity index (χ0v) is 19.1. The van der Waals surface area contributed by atoms with Gasteiger partial charge in [-0.3, -0.25) is 4.68 Å². The van der Waals surface area contributed by atoms with Crippen LogP contribution in [0, 0.1) is 5.82 Å². The molecule has 1 aromatic carbocycles. The molecule has 8 nitrogen and oxygen atoms in total. The van der Waals surface area contributed by atoms with Gasteiger partial charge in [-0.2, -0.15) is 5.10 Å². The lowest BCUT2D eigenvalue weighted by atomic mass is 10.0. The van der Waals surface area contributed by atoms with Gasteiger partial charge in [0.05, 0.1) is 12.8 Å². The number of rotatable bonds is 4. The summed E-state index contributed by atoms with van der Waals surface area (Å²) in [6.07, 6.45) is 2.93. The molecule has 1 amide bonds. The Bertz CT molecular complexity index is 974. The van der Waals surface area contributed by atoms with Crippen molar-refractivity contribution in [3.05, 3.63) is 23.6 Å². The third-order valence-corrected chi connectivity index (χ3v) is 5.45. The molecule has 0 aliphatic carbocycles. The molecule has 1 saturated heterocycles. The molecule has 1 aliphatic heterocycles. The molecule has 2 heterocycles. The maximum absolute atomic E-state index is 14.9. The molecule has 0 radical (unpaired) electrons. The molecule has 0 unspecified atom stereocenters. The number of nitrogens with zero attached hydrogens (tertiary/aromatic N) is 4. The Kier molecular flexibility index (Phi) is 6.43. The standard InChI is InChI=1S/C22H31FN4O4/c1-7-27(21(29)31-22(2,3)4)14-8-10-26(11-9-14)17-12-16(23)18(20(28)30-6)19-15(17)13-25(5)24-19/h12-14H,7-11H2,1-6H3. The minimum absolute atomic E-state index is 0.0553. The number of benzene rings is 1. The first kappa shape index (κ1) is 22.8. The highest BCUT2D eigenvalue weighted by Crippen LogP contribution is 2.33. The van der Waals surface area contributed by atoms with Gasteiger partial charge in [-0.25, -0.2) is 14.0 Å². The van der Waals surface area contributed by atoms with E-state index in [1.54, 1.807) is 22.8 Å². The third-order valence-electron chi connectivity index (χ3n) is 5.45. The fraction of sp³-hybridized carbons (Fsp3) is 0.591. The number of hydrogen-bond donors (Lipinski definition) is 0. The van der Waals surface area contributed by atoms with Gasteiger partial charge in [0.2, 0.25) is 0 Å². The smallest absolute Gasteiger partial charge is 0.410 e. The van der Waals surface area contributed by atoms with E-state index in [1.165, 1.54) is 13.2 Å². The number of fused-ring (bicyclic) bond motifs is 1. The molecule has 3 rings (SSSR count). The van der Waals surface area contributed by atoms with Crippen molar-refractivity contribution in [2.45, 2.75) is 52.2 Å². The lowest BCUT2D eigenvalue weighted by Crippen LogP contribution is -2.48. The first-order valence-electron chi connectivity index (χ1n) is 10.5. The summed E-state index contributed by atoms with van der Waals surface area (Å²) in [6, 6.07) is 1.43. The number of carbonyl (C=O) groups excluding carboxylic acids is 2. The number of esters is 1. The Morgan fingerprint density at radius 3 is 2.48 bits per heavy atom. The largest absolute Gasteiger partial charge is 0.465 e.